The molecular formula is C44H61ClN4O6S. The van der Waals surface area contributed by atoms with Gasteiger partial charge < -0.3 is 19.2 Å². The van der Waals surface area contributed by atoms with Crippen molar-refractivity contribution in [2.75, 3.05) is 64.4 Å². The molecule has 4 fully saturated rings. The van der Waals surface area contributed by atoms with Crippen molar-refractivity contribution >= 4 is 39.5 Å². The Balaban J connectivity index is 1.20. The number of aldehydes is 1. The maximum atomic E-state index is 13.9. The summed E-state index contributed by atoms with van der Waals surface area (Å²) in [7, 11) is -2.36. The molecule has 1 spiro atoms. The summed E-state index contributed by atoms with van der Waals surface area (Å²) in [5.41, 5.74) is 0.0536. The Morgan fingerprint density at radius 2 is 1.93 bits per heavy atom. The summed E-state index contributed by atoms with van der Waals surface area (Å²) in [6, 6.07) is 5.88. The quantitative estimate of drug-likeness (QED) is 0.261. The average Bonchev–Trinajstić information content (AvgIpc) is 3.32. The number of benzene rings is 1. The van der Waals surface area contributed by atoms with Crippen molar-refractivity contribution in [1.82, 2.24) is 14.5 Å². The van der Waals surface area contributed by atoms with E-state index in [4.69, 9.17) is 21.1 Å². The van der Waals surface area contributed by atoms with Crippen molar-refractivity contribution in [2.24, 2.45) is 34.5 Å². The SMILES string of the molecule is CO[C@]1(CN2CCN3CCCC[C@@H]3C2)/C=C/C[C@H](C)[C@@H](CC=O)S(=O)(=O)NC(=O)c2ccc3c(c2)N(C[C@@H]2CC[C@H]21)C[C@@]1(CCCC2C=C(Cl)C=CC21C)CO3. The van der Waals surface area contributed by atoms with Gasteiger partial charge in [-0.25, -0.2) is 13.1 Å². The number of piperidine rings is 1. The monoisotopic (exact) mass is 808 g/mol. The van der Waals surface area contributed by atoms with Crippen LogP contribution < -0.4 is 14.4 Å². The van der Waals surface area contributed by atoms with E-state index < -0.39 is 32.7 Å². The van der Waals surface area contributed by atoms with E-state index in [1.807, 2.05) is 32.2 Å². The number of carbonyl (C=O) groups excluding carboxylic acids is 2. The molecule has 1 aromatic carbocycles. The summed E-state index contributed by atoms with van der Waals surface area (Å²) in [5, 5.41) is -0.283. The van der Waals surface area contributed by atoms with Gasteiger partial charge in [0.15, 0.2) is 0 Å². The molecule has 56 heavy (non-hydrogen) atoms. The number of anilines is 1. The van der Waals surface area contributed by atoms with Crippen LogP contribution in [0.1, 0.15) is 88.4 Å². The van der Waals surface area contributed by atoms with Crippen LogP contribution in [0.15, 0.2) is 53.6 Å². The first kappa shape index (κ1) is 40.1. The van der Waals surface area contributed by atoms with Crippen molar-refractivity contribution in [3.8, 4) is 5.75 Å². The first-order valence-corrected chi connectivity index (χ1v) is 23.1. The van der Waals surface area contributed by atoms with Crippen LogP contribution in [0.3, 0.4) is 0 Å². The molecule has 1 amide bonds. The third kappa shape index (κ3) is 7.30. The average molecular weight is 810 g/mol. The highest BCUT2D eigenvalue weighted by Crippen LogP contribution is 2.59. The minimum Gasteiger partial charge on any atom is -0.491 e. The second-order valence-corrected chi connectivity index (χ2v) is 20.7. The molecule has 4 aliphatic heterocycles. The Bertz CT molecular complexity index is 1870. The molecule has 0 aromatic heterocycles. The van der Waals surface area contributed by atoms with E-state index in [9.17, 15) is 18.0 Å². The fraction of sp³-hybridized carbons (Fsp3) is 0.682. The van der Waals surface area contributed by atoms with Gasteiger partial charge in [-0.15, -0.1) is 0 Å². The van der Waals surface area contributed by atoms with Gasteiger partial charge in [0.25, 0.3) is 5.91 Å². The molecule has 3 aliphatic carbocycles. The summed E-state index contributed by atoms with van der Waals surface area (Å²) in [6.45, 7) is 11.3. The van der Waals surface area contributed by atoms with Crippen molar-refractivity contribution in [2.45, 2.75) is 94.9 Å². The van der Waals surface area contributed by atoms with Crippen LogP contribution in [-0.2, 0) is 19.6 Å². The molecule has 2 unspecified atom stereocenters. The topological polar surface area (TPSA) is 108 Å². The summed E-state index contributed by atoms with van der Waals surface area (Å²) < 4.78 is 43.7. The highest BCUT2D eigenvalue weighted by atomic mass is 35.5. The fourth-order valence-corrected chi connectivity index (χ4v) is 13.5. The minimum absolute atomic E-state index is 0.196. The van der Waals surface area contributed by atoms with E-state index in [1.54, 1.807) is 6.07 Å². The van der Waals surface area contributed by atoms with Gasteiger partial charge in [0, 0.05) is 80.3 Å². The number of ether oxygens (including phenoxy) is 2. The molecule has 306 valence electrons. The minimum atomic E-state index is -4.20. The number of nitrogens with one attached hydrogen (secondary N) is 1. The van der Waals surface area contributed by atoms with Gasteiger partial charge in [0.2, 0.25) is 10.0 Å². The molecule has 9 atom stereocenters. The van der Waals surface area contributed by atoms with E-state index in [0.717, 1.165) is 82.1 Å². The first-order valence-electron chi connectivity index (χ1n) is 21.2. The number of allylic oxidation sites excluding steroid dienone is 5. The molecule has 1 aromatic rings. The van der Waals surface area contributed by atoms with Gasteiger partial charge in [0.1, 0.15) is 17.6 Å². The predicted octanol–water partition coefficient (Wildman–Crippen LogP) is 6.57. The summed E-state index contributed by atoms with van der Waals surface area (Å²) in [5.74, 6) is 0.410. The first-order chi connectivity index (χ1) is 26.9. The number of hydrogen-bond acceptors (Lipinski definition) is 9. The van der Waals surface area contributed by atoms with Crippen molar-refractivity contribution in [3.63, 3.8) is 0 Å². The van der Waals surface area contributed by atoms with E-state index in [2.05, 4.69) is 50.6 Å². The number of hydrogen-bond donors (Lipinski definition) is 1. The number of sulfonamides is 1. The largest absolute Gasteiger partial charge is 0.491 e. The van der Waals surface area contributed by atoms with Gasteiger partial charge in [-0.3, -0.25) is 14.6 Å². The number of methoxy groups -OCH3 is 1. The van der Waals surface area contributed by atoms with E-state index in [0.29, 0.717) is 37.0 Å². The molecule has 2 saturated heterocycles. The zero-order chi connectivity index (χ0) is 39.3. The summed E-state index contributed by atoms with van der Waals surface area (Å²) in [4.78, 5) is 33.5. The van der Waals surface area contributed by atoms with Crippen LogP contribution in [0, 0.1) is 34.5 Å². The number of rotatable bonds is 5. The third-order valence-electron chi connectivity index (χ3n) is 15.4. The van der Waals surface area contributed by atoms with E-state index >= 15 is 0 Å². The lowest BCUT2D eigenvalue weighted by Gasteiger charge is -2.56. The fourth-order valence-electron chi connectivity index (χ4n) is 11.7. The van der Waals surface area contributed by atoms with Crippen molar-refractivity contribution in [1.29, 1.82) is 0 Å². The van der Waals surface area contributed by atoms with Gasteiger partial charge in [-0.2, -0.15) is 0 Å². The number of piperazine rings is 1. The highest BCUT2D eigenvalue weighted by molar-refractivity contribution is 7.90. The number of fused-ring (bicyclic) bond motifs is 5. The number of carbonyl (C=O) groups is 2. The summed E-state index contributed by atoms with van der Waals surface area (Å²) >= 11 is 6.61. The maximum Gasteiger partial charge on any atom is 0.264 e. The Morgan fingerprint density at radius 1 is 1.07 bits per heavy atom. The Labute approximate surface area is 339 Å². The zero-order valence-corrected chi connectivity index (χ0v) is 35.0. The standard InChI is InChI=1S/C44H61ClN4O6S/c1-31-8-6-18-44(54-3,29-47-21-22-48-20-5-4-10-36(48)27-47)37-13-11-33(37)26-49-28-43(17-7-9-34-25-35(45)15-19-42(34,43)2)30-55-39-14-12-32(24-38(39)49)41(51)46-56(52,53)40(31)16-23-50/h6,12,14-15,18-19,23-25,31,33-34,36-37,40H,4-5,7-11,13,16-17,20-22,26-30H2,1-3H3,(H,46,51)/b18-6+/t31-,33-,34?,36+,37+,40+,42?,43-,44-/m0/s1. The maximum absolute atomic E-state index is 13.9. The van der Waals surface area contributed by atoms with Crippen LogP contribution >= 0.6 is 11.6 Å². The normalized spacial score (nSPS) is 39.4. The number of amides is 1. The molecule has 1 N–H and O–H groups in total. The Kier molecular flexibility index (Phi) is 11.3. The lowest BCUT2D eigenvalue weighted by atomic mass is 9.51. The Morgan fingerprint density at radius 3 is 2.71 bits per heavy atom. The lowest BCUT2D eigenvalue weighted by Crippen LogP contribution is -2.61. The van der Waals surface area contributed by atoms with Crippen LogP contribution in [0.4, 0.5) is 5.69 Å². The predicted molar refractivity (Wildman–Crippen MR) is 220 cm³/mol. The lowest BCUT2D eigenvalue weighted by molar-refractivity contribution is -0.108. The number of halogens is 1. The zero-order valence-electron chi connectivity index (χ0n) is 33.5. The molecule has 2 saturated carbocycles. The molecular weight excluding hydrogens is 748 g/mol. The Hall–Kier alpha value is -2.70. The van der Waals surface area contributed by atoms with Gasteiger partial charge >= 0.3 is 0 Å². The molecule has 10 nitrogen and oxygen atoms in total. The van der Waals surface area contributed by atoms with Crippen LogP contribution in [0.25, 0.3) is 0 Å². The third-order valence-corrected chi connectivity index (χ3v) is 17.5. The number of nitrogens with zero attached hydrogens (tertiary/aromatic N) is 3. The molecule has 7 aliphatic rings. The molecule has 4 heterocycles. The van der Waals surface area contributed by atoms with Gasteiger partial charge in [-0.05, 0) is 99.4 Å². The second kappa shape index (κ2) is 15.8. The van der Waals surface area contributed by atoms with Crippen molar-refractivity contribution in [3.05, 3.63) is 59.2 Å². The molecule has 8 rings (SSSR count). The molecule has 0 radical (unpaired) electrons. The second-order valence-electron chi connectivity index (χ2n) is 18.4. The van der Waals surface area contributed by atoms with Crippen molar-refractivity contribution < 1.29 is 27.5 Å². The van der Waals surface area contributed by atoms with Gasteiger partial charge in [0.05, 0.1) is 17.5 Å². The van der Waals surface area contributed by atoms with E-state index in [1.165, 1.54) is 25.8 Å². The van der Waals surface area contributed by atoms with Crippen LogP contribution in [-0.4, -0.2) is 107 Å². The van der Waals surface area contributed by atoms with Gasteiger partial charge in [-0.1, -0.05) is 62.6 Å². The highest BCUT2D eigenvalue weighted by Gasteiger charge is 2.56. The molecule has 2 bridgehead atoms. The smallest absolute Gasteiger partial charge is 0.264 e. The molecule has 12 heteroatoms. The van der Waals surface area contributed by atoms with E-state index in [-0.39, 0.29) is 34.7 Å². The summed E-state index contributed by atoms with van der Waals surface area (Å²) in [6.07, 6.45) is 20.8. The van der Waals surface area contributed by atoms with Crippen LogP contribution in [0.2, 0.25) is 0 Å². The van der Waals surface area contributed by atoms with Crippen LogP contribution in [0.5, 0.6) is 5.75 Å².